The summed E-state index contributed by atoms with van der Waals surface area (Å²) >= 11 is 23.3. The van der Waals surface area contributed by atoms with Crippen molar-refractivity contribution in [2.75, 3.05) is 6.61 Å². The molecule has 166 valence electrons. The van der Waals surface area contributed by atoms with Crippen molar-refractivity contribution in [2.24, 2.45) is 0 Å². The number of hydrogen-bond donors (Lipinski definition) is 0. The van der Waals surface area contributed by atoms with E-state index in [1.807, 2.05) is 24.4 Å². The summed E-state index contributed by atoms with van der Waals surface area (Å²) < 4.78 is 6.98. The molecule has 4 aromatic heterocycles. The Morgan fingerprint density at radius 3 is 2.50 bits per heavy atom. The number of pyridine rings is 1. The Morgan fingerprint density at radius 2 is 1.72 bits per heavy atom. The van der Waals surface area contributed by atoms with Crippen LogP contribution >= 0.6 is 46.4 Å². The molecule has 0 fully saturated rings. The second kappa shape index (κ2) is 12.0. The number of nitrogens with zero attached hydrogens (tertiary/aromatic N) is 6. The molecular weight excluding hydrogens is 494 g/mol. The van der Waals surface area contributed by atoms with Crippen LogP contribution in [0, 0.1) is 0 Å². The van der Waals surface area contributed by atoms with Crippen molar-refractivity contribution < 1.29 is 4.74 Å². The minimum absolute atomic E-state index is 0.166. The molecule has 0 aliphatic heterocycles. The zero-order chi connectivity index (χ0) is 22.9. The zero-order valence-electron chi connectivity index (χ0n) is 16.9. The third-order valence-corrected chi connectivity index (χ3v) is 5.01. The first-order chi connectivity index (χ1) is 15.5. The largest absolute Gasteiger partial charge is 0.501 e. The van der Waals surface area contributed by atoms with Gasteiger partial charge >= 0.3 is 0 Å². The van der Waals surface area contributed by atoms with Gasteiger partial charge in [-0.15, -0.1) is 0 Å². The molecule has 0 spiro atoms. The highest BCUT2D eigenvalue weighted by Crippen LogP contribution is 2.29. The van der Waals surface area contributed by atoms with E-state index in [0.717, 1.165) is 23.9 Å². The number of halogens is 4. The molecule has 0 aromatic carbocycles. The van der Waals surface area contributed by atoms with Crippen LogP contribution in [0.1, 0.15) is 25.5 Å². The Kier molecular flexibility index (Phi) is 9.05. The van der Waals surface area contributed by atoms with E-state index in [1.54, 1.807) is 23.1 Å². The third kappa shape index (κ3) is 6.53. The van der Waals surface area contributed by atoms with Gasteiger partial charge < -0.3 is 4.74 Å². The number of fused-ring (bicyclic) bond motifs is 1. The average Bonchev–Trinajstić information content (AvgIpc) is 3.22. The maximum Gasteiger partial charge on any atom is 0.222 e. The summed E-state index contributed by atoms with van der Waals surface area (Å²) in [7, 11) is 0. The predicted molar refractivity (Wildman–Crippen MR) is 128 cm³/mol. The molecule has 0 saturated heterocycles. The van der Waals surface area contributed by atoms with E-state index in [9.17, 15) is 0 Å². The summed E-state index contributed by atoms with van der Waals surface area (Å²) in [6.45, 7) is 2.80. The van der Waals surface area contributed by atoms with E-state index in [1.165, 1.54) is 12.4 Å². The summed E-state index contributed by atoms with van der Waals surface area (Å²) in [6, 6.07) is 5.77. The molecule has 0 unspecified atom stereocenters. The maximum absolute atomic E-state index is 6.07. The minimum Gasteiger partial charge on any atom is -0.501 e. The Hall–Kier alpha value is -2.45. The normalized spacial score (nSPS) is 10.9. The number of aromatic nitrogens is 6. The lowest BCUT2D eigenvalue weighted by Gasteiger charge is -2.01. The predicted octanol–water partition coefficient (Wildman–Crippen LogP) is 6.67. The second-order valence-corrected chi connectivity index (χ2v) is 7.81. The van der Waals surface area contributed by atoms with E-state index < -0.39 is 0 Å². The first kappa shape index (κ1) is 24.2. The molecule has 32 heavy (non-hydrogen) atoms. The van der Waals surface area contributed by atoms with Crippen LogP contribution < -0.4 is 0 Å². The molecule has 7 nitrogen and oxygen atoms in total. The molecule has 0 N–H and O–H groups in total. The first-order valence-electron chi connectivity index (χ1n) is 9.56. The van der Waals surface area contributed by atoms with Crippen molar-refractivity contribution in [1.29, 1.82) is 0 Å². The van der Waals surface area contributed by atoms with E-state index in [-0.39, 0.29) is 10.6 Å². The second-order valence-electron chi connectivity index (χ2n) is 6.32. The van der Waals surface area contributed by atoms with Crippen molar-refractivity contribution in [3.05, 3.63) is 75.6 Å². The summed E-state index contributed by atoms with van der Waals surface area (Å²) in [5.41, 5.74) is 2.91. The topological polar surface area (TPSA) is 78.1 Å². The molecule has 4 rings (SSSR count). The summed E-state index contributed by atoms with van der Waals surface area (Å²) in [4.78, 5) is 15.6. The Bertz CT molecular complexity index is 1210. The Balaban J connectivity index is 0.000000183. The smallest absolute Gasteiger partial charge is 0.222 e. The summed E-state index contributed by atoms with van der Waals surface area (Å²) in [5.74, 6) is 0. The van der Waals surface area contributed by atoms with Crippen molar-refractivity contribution in [3.8, 4) is 11.3 Å². The van der Waals surface area contributed by atoms with Crippen LogP contribution in [0.4, 0.5) is 0 Å². The van der Waals surface area contributed by atoms with Gasteiger partial charge in [0.2, 0.25) is 10.6 Å². The fourth-order valence-corrected chi connectivity index (χ4v) is 3.15. The molecule has 0 bridgehead atoms. The maximum atomic E-state index is 6.07. The molecule has 0 amide bonds. The lowest BCUT2D eigenvalue weighted by Crippen LogP contribution is -1.89. The van der Waals surface area contributed by atoms with Gasteiger partial charge in [-0.05, 0) is 47.8 Å². The molecule has 0 radical (unpaired) electrons. The van der Waals surface area contributed by atoms with Gasteiger partial charge in [0, 0.05) is 11.8 Å². The van der Waals surface area contributed by atoms with Crippen LogP contribution in [0.2, 0.25) is 20.6 Å². The van der Waals surface area contributed by atoms with Gasteiger partial charge in [0.15, 0.2) is 0 Å². The van der Waals surface area contributed by atoms with Crippen molar-refractivity contribution in [1.82, 2.24) is 29.5 Å². The molecule has 11 heteroatoms. The van der Waals surface area contributed by atoms with Gasteiger partial charge in [0.05, 0.1) is 58.4 Å². The van der Waals surface area contributed by atoms with E-state index in [0.29, 0.717) is 28.0 Å². The zero-order valence-corrected chi connectivity index (χ0v) is 19.9. The van der Waals surface area contributed by atoms with Gasteiger partial charge in [-0.2, -0.15) is 5.10 Å². The van der Waals surface area contributed by atoms with Crippen LogP contribution in [0.25, 0.3) is 22.9 Å². The van der Waals surface area contributed by atoms with Crippen LogP contribution in [-0.4, -0.2) is 36.2 Å². The van der Waals surface area contributed by atoms with Gasteiger partial charge in [0.1, 0.15) is 0 Å². The number of hydrogen-bond acceptors (Lipinski definition) is 6. The monoisotopic (exact) mass is 510 g/mol. The highest BCUT2D eigenvalue weighted by atomic mass is 35.5. The van der Waals surface area contributed by atoms with E-state index in [4.69, 9.17) is 51.1 Å². The number of unbranched alkanes of at least 4 members (excludes halogenated alkanes) is 1. The highest BCUT2D eigenvalue weighted by molar-refractivity contribution is 6.34. The van der Waals surface area contributed by atoms with Crippen LogP contribution in [0.15, 0.2) is 49.2 Å². The molecule has 4 heterocycles. The van der Waals surface area contributed by atoms with E-state index >= 15 is 0 Å². The SMILES string of the molecule is CCCCO/C=C/c1nc(Cl)ncc1Cl.Clc1ncc(Cl)c(-c2cnn3ccccc23)n1. The Labute approximate surface area is 205 Å². The molecule has 4 aromatic rings. The minimum atomic E-state index is 0.166. The summed E-state index contributed by atoms with van der Waals surface area (Å²) in [5, 5.41) is 5.47. The molecule has 0 saturated carbocycles. The van der Waals surface area contributed by atoms with Crippen LogP contribution in [0.3, 0.4) is 0 Å². The van der Waals surface area contributed by atoms with Gasteiger partial charge in [0.25, 0.3) is 0 Å². The number of ether oxygens (including phenoxy) is 1. The molecule has 0 aliphatic rings. The van der Waals surface area contributed by atoms with Crippen molar-refractivity contribution in [2.45, 2.75) is 19.8 Å². The molecular formula is C21H18Cl4N6O. The third-order valence-electron chi connectivity index (χ3n) is 4.08. The number of rotatable bonds is 6. The fourth-order valence-electron chi connectivity index (χ4n) is 2.53. The standard InChI is InChI=1S/C11H6Cl2N4.C10H12Cl2N2O/c12-8-6-14-11(13)16-10(8)7-5-15-17-4-2-1-3-9(7)17;1-2-3-5-15-6-4-9-8(11)7-13-10(12)14-9/h1-6H;4,6-7H,2-3,5H2,1H3/b;6-4+. The molecule has 0 atom stereocenters. The van der Waals surface area contributed by atoms with Crippen LogP contribution in [0.5, 0.6) is 0 Å². The fraction of sp³-hybridized carbons (Fsp3) is 0.190. The summed E-state index contributed by atoms with van der Waals surface area (Å²) in [6.07, 6.45) is 11.9. The first-order valence-corrected chi connectivity index (χ1v) is 11.1. The lowest BCUT2D eigenvalue weighted by molar-refractivity contribution is 0.246. The van der Waals surface area contributed by atoms with E-state index in [2.05, 4.69) is 32.0 Å². The quantitative estimate of drug-likeness (QED) is 0.163. The van der Waals surface area contributed by atoms with Gasteiger partial charge in [-0.3, -0.25) is 0 Å². The lowest BCUT2D eigenvalue weighted by atomic mass is 10.2. The highest BCUT2D eigenvalue weighted by Gasteiger charge is 2.12. The Morgan fingerprint density at radius 1 is 0.969 bits per heavy atom. The average molecular weight is 512 g/mol. The van der Waals surface area contributed by atoms with Gasteiger partial charge in [-0.25, -0.2) is 24.5 Å². The molecule has 0 aliphatic carbocycles. The van der Waals surface area contributed by atoms with Crippen molar-refractivity contribution >= 4 is 58.0 Å². The van der Waals surface area contributed by atoms with Gasteiger partial charge in [-0.1, -0.05) is 42.6 Å². The van der Waals surface area contributed by atoms with Crippen LogP contribution in [-0.2, 0) is 4.74 Å². The van der Waals surface area contributed by atoms with Crippen molar-refractivity contribution in [3.63, 3.8) is 0 Å².